The van der Waals surface area contributed by atoms with Crippen molar-refractivity contribution in [3.63, 3.8) is 0 Å². The Balaban J connectivity index is 1.61. The lowest BCUT2D eigenvalue weighted by molar-refractivity contribution is -0.118. The Morgan fingerprint density at radius 3 is 2.68 bits per heavy atom. The average molecular weight is 375 g/mol. The summed E-state index contributed by atoms with van der Waals surface area (Å²) in [4.78, 5) is 19.4. The van der Waals surface area contributed by atoms with Gasteiger partial charge in [0.05, 0.1) is 24.6 Å². The number of anilines is 2. The molecule has 0 radical (unpaired) electrons. The minimum atomic E-state index is 0.0998. The maximum absolute atomic E-state index is 13.1. The maximum Gasteiger partial charge on any atom is 0.232 e. The van der Waals surface area contributed by atoms with E-state index in [9.17, 15) is 4.79 Å². The molecule has 4 rings (SSSR count). The summed E-state index contributed by atoms with van der Waals surface area (Å²) in [5, 5.41) is 0.643. The van der Waals surface area contributed by atoms with Crippen molar-refractivity contribution < 1.29 is 9.53 Å². The molecule has 0 unspecified atom stereocenters. The van der Waals surface area contributed by atoms with Crippen LogP contribution >= 0.6 is 23.4 Å². The quantitative estimate of drug-likeness (QED) is 0.806. The van der Waals surface area contributed by atoms with Crippen molar-refractivity contribution >= 4 is 40.6 Å². The summed E-state index contributed by atoms with van der Waals surface area (Å²) >= 11 is 7.88. The van der Waals surface area contributed by atoms with Gasteiger partial charge < -0.3 is 4.74 Å². The minimum absolute atomic E-state index is 0.0998. The lowest BCUT2D eigenvalue weighted by Gasteiger charge is -2.32. The molecule has 2 aromatic carbocycles. The lowest BCUT2D eigenvalue weighted by Crippen LogP contribution is -2.39. The first kappa shape index (κ1) is 16.9. The topological polar surface area (TPSA) is 32.8 Å². The zero-order chi connectivity index (χ0) is 17.2. The summed E-state index contributed by atoms with van der Waals surface area (Å²) in [5.74, 6) is 0.0998. The Labute approximate surface area is 156 Å². The van der Waals surface area contributed by atoms with Gasteiger partial charge in [-0.25, -0.2) is 0 Å². The largest absolute Gasteiger partial charge is 0.379 e. The molecule has 0 atom stereocenters. The second kappa shape index (κ2) is 7.38. The second-order valence-corrected chi connectivity index (χ2v) is 7.64. The van der Waals surface area contributed by atoms with Crippen LogP contribution in [0.25, 0.3) is 0 Å². The minimum Gasteiger partial charge on any atom is -0.379 e. The molecule has 1 fully saturated rings. The van der Waals surface area contributed by atoms with Crippen molar-refractivity contribution in [2.24, 2.45) is 0 Å². The third kappa shape index (κ3) is 3.55. The number of hydrogen-bond donors (Lipinski definition) is 0. The molecule has 0 bridgehead atoms. The number of rotatable bonds is 3. The van der Waals surface area contributed by atoms with E-state index >= 15 is 0 Å². The van der Waals surface area contributed by atoms with Gasteiger partial charge >= 0.3 is 0 Å². The van der Waals surface area contributed by atoms with Gasteiger partial charge in [-0.1, -0.05) is 35.5 Å². The van der Waals surface area contributed by atoms with Gasteiger partial charge in [0.15, 0.2) is 0 Å². The van der Waals surface area contributed by atoms with Gasteiger partial charge in [-0.3, -0.25) is 14.6 Å². The number of carbonyl (C=O) groups excluding carboxylic acids is 1. The van der Waals surface area contributed by atoms with Gasteiger partial charge in [0, 0.05) is 40.9 Å². The maximum atomic E-state index is 13.1. The van der Waals surface area contributed by atoms with Crippen LogP contribution < -0.4 is 4.90 Å². The monoisotopic (exact) mass is 374 g/mol. The first-order chi connectivity index (χ1) is 12.2. The van der Waals surface area contributed by atoms with E-state index < -0.39 is 0 Å². The third-order valence-electron chi connectivity index (χ3n) is 4.48. The van der Waals surface area contributed by atoms with Gasteiger partial charge in [0.1, 0.15) is 0 Å². The summed E-state index contributed by atoms with van der Waals surface area (Å²) in [7, 11) is 0. The van der Waals surface area contributed by atoms with Crippen LogP contribution in [0.5, 0.6) is 0 Å². The van der Waals surface area contributed by atoms with E-state index in [0.717, 1.165) is 54.0 Å². The lowest BCUT2D eigenvalue weighted by atomic mass is 10.2. The number of para-hydroxylation sites is 1. The van der Waals surface area contributed by atoms with Crippen LogP contribution in [-0.2, 0) is 9.53 Å². The summed E-state index contributed by atoms with van der Waals surface area (Å²) in [6.07, 6.45) is 0.477. The molecular formula is C19H19ClN2O2S. The number of fused-ring (bicyclic) bond motifs is 2. The molecule has 2 aliphatic heterocycles. The Morgan fingerprint density at radius 1 is 1.08 bits per heavy atom. The molecule has 130 valence electrons. The van der Waals surface area contributed by atoms with Crippen molar-refractivity contribution in [2.75, 3.05) is 37.7 Å². The molecule has 2 aliphatic rings. The van der Waals surface area contributed by atoms with Crippen LogP contribution in [0.2, 0.25) is 5.02 Å². The van der Waals surface area contributed by atoms with E-state index in [1.807, 2.05) is 41.3 Å². The SMILES string of the molecule is O=C(CCN1CCOCC1)N1c2ccccc2Sc2ccc(Cl)cc21. The van der Waals surface area contributed by atoms with Gasteiger partial charge in [-0.15, -0.1) is 0 Å². The third-order valence-corrected chi connectivity index (χ3v) is 5.85. The molecule has 25 heavy (non-hydrogen) atoms. The molecule has 0 saturated carbocycles. The van der Waals surface area contributed by atoms with Gasteiger partial charge in [0.2, 0.25) is 5.91 Å². The van der Waals surface area contributed by atoms with Crippen molar-refractivity contribution in [1.29, 1.82) is 0 Å². The number of hydrogen-bond acceptors (Lipinski definition) is 4. The van der Waals surface area contributed by atoms with E-state index in [0.29, 0.717) is 11.4 Å². The number of carbonyl (C=O) groups is 1. The fourth-order valence-electron chi connectivity index (χ4n) is 3.19. The molecule has 0 aromatic heterocycles. The average Bonchev–Trinajstić information content (AvgIpc) is 2.65. The standard InChI is InChI=1S/C19H19ClN2O2S/c20-14-5-6-18-16(13-14)22(15-3-1-2-4-17(15)25-18)19(23)7-8-21-9-11-24-12-10-21/h1-6,13H,7-12H2. The van der Waals surface area contributed by atoms with Crippen molar-refractivity contribution in [3.8, 4) is 0 Å². The number of halogens is 1. The molecule has 1 saturated heterocycles. The van der Waals surface area contributed by atoms with Crippen molar-refractivity contribution in [1.82, 2.24) is 4.90 Å². The molecule has 2 heterocycles. The summed E-state index contributed by atoms with van der Waals surface area (Å²) < 4.78 is 5.37. The fourth-order valence-corrected chi connectivity index (χ4v) is 4.39. The number of morpholine rings is 1. The van der Waals surface area contributed by atoms with Crippen molar-refractivity contribution in [2.45, 2.75) is 16.2 Å². The Hall–Kier alpha value is -1.53. The normalized spacial score (nSPS) is 17.1. The van der Waals surface area contributed by atoms with Crippen LogP contribution in [0.4, 0.5) is 11.4 Å². The molecule has 2 aromatic rings. The van der Waals surface area contributed by atoms with Gasteiger partial charge in [0.25, 0.3) is 0 Å². The van der Waals surface area contributed by atoms with E-state index in [1.54, 1.807) is 11.8 Å². The van der Waals surface area contributed by atoms with Crippen molar-refractivity contribution in [3.05, 3.63) is 47.5 Å². The van der Waals surface area contributed by atoms with E-state index in [2.05, 4.69) is 11.0 Å². The summed E-state index contributed by atoms with van der Waals surface area (Å²) in [5.41, 5.74) is 1.82. The van der Waals surface area contributed by atoms with E-state index in [-0.39, 0.29) is 5.91 Å². The fraction of sp³-hybridized carbons (Fsp3) is 0.316. The smallest absolute Gasteiger partial charge is 0.232 e. The molecule has 0 aliphatic carbocycles. The first-order valence-corrected chi connectivity index (χ1v) is 9.61. The number of nitrogens with zero attached hydrogens (tertiary/aromatic N) is 2. The van der Waals surface area contributed by atoms with E-state index in [4.69, 9.17) is 16.3 Å². The van der Waals surface area contributed by atoms with E-state index in [1.165, 1.54) is 0 Å². The van der Waals surface area contributed by atoms with Gasteiger partial charge in [-0.05, 0) is 30.3 Å². The molecule has 0 spiro atoms. The Kier molecular flexibility index (Phi) is 4.99. The molecule has 4 nitrogen and oxygen atoms in total. The number of ether oxygens (including phenoxy) is 1. The predicted molar refractivity (Wildman–Crippen MR) is 101 cm³/mol. The second-order valence-electron chi connectivity index (χ2n) is 6.11. The Bertz CT molecular complexity index is 793. The van der Waals surface area contributed by atoms with Crippen LogP contribution in [0.1, 0.15) is 6.42 Å². The summed E-state index contributed by atoms with van der Waals surface area (Å²) in [6.45, 7) is 4.03. The molecular weight excluding hydrogens is 356 g/mol. The highest BCUT2D eigenvalue weighted by atomic mass is 35.5. The highest BCUT2D eigenvalue weighted by Crippen LogP contribution is 2.48. The zero-order valence-electron chi connectivity index (χ0n) is 13.8. The first-order valence-electron chi connectivity index (χ1n) is 8.42. The van der Waals surface area contributed by atoms with Crippen LogP contribution in [0, 0.1) is 0 Å². The Morgan fingerprint density at radius 2 is 1.84 bits per heavy atom. The number of amides is 1. The summed E-state index contributed by atoms with van der Waals surface area (Å²) in [6, 6.07) is 13.8. The predicted octanol–water partition coefficient (Wildman–Crippen LogP) is 4.19. The highest BCUT2D eigenvalue weighted by Gasteiger charge is 2.28. The van der Waals surface area contributed by atoms with Gasteiger partial charge in [-0.2, -0.15) is 0 Å². The zero-order valence-corrected chi connectivity index (χ0v) is 15.4. The molecule has 1 amide bonds. The van der Waals surface area contributed by atoms with Crippen LogP contribution in [-0.4, -0.2) is 43.7 Å². The van der Waals surface area contributed by atoms with Crippen LogP contribution in [0.3, 0.4) is 0 Å². The number of benzene rings is 2. The molecule has 0 N–H and O–H groups in total. The molecule has 6 heteroatoms. The van der Waals surface area contributed by atoms with Crippen LogP contribution in [0.15, 0.2) is 52.3 Å². The highest BCUT2D eigenvalue weighted by molar-refractivity contribution is 7.99.